The van der Waals surface area contributed by atoms with Crippen molar-refractivity contribution in [2.24, 2.45) is 0 Å². The molecule has 0 aliphatic heterocycles. The molecule has 5 nitrogen and oxygen atoms in total. The molecule has 0 radical (unpaired) electrons. The van der Waals surface area contributed by atoms with E-state index in [1.165, 1.54) is 11.1 Å². The number of unbranched alkanes of at least 4 members (excludes halogenated alkanes) is 1. The Bertz CT molecular complexity index is 948. The fourth-order valence-electron chi connectivity index (χ4n) is 3.31. The number of carbonyl (C=O) groups excluding carboxylic acids is 1. The number of aryl methyl sites for hydroxylation is 1. The van der Waals surface area contributed by atoms with E-state index in [2.05, 4.69) is 53.2 Å². The number of fused-ring (bicyclic) bond motifs is 2. The number of nitrogens with zero attached hydrogens (tertiary/aromatic N) is 4. The summed E-state index contributed by atoms with van der Waals surface area (Å²) >= 11 is 1.64. The molecule has 6 heteroatoms. The van der Waals surface area contributed by atoms with Crippen molar-refractivity contribution >= 4 is 23.3 Å². The molecule has 0 fully saturated rings. The molecular weight excluding hydrogens is 344 g/mol. The molecule has 2 aromatic heterocycles. The lowest BCUT2D eigenvalue weighted by Crippen LogP contribution is -2.21. The van der Waals surface area contributed by atoms with Gasteiger partial charge < -0.3 is 0 Å². The molecule has 1 aliphatic rings. The van der Waals surface area contributed by atoms with Crippen LogP contribution in [0.15, 0.2) is 35.6 Å². The third-order valence-electron chi connectivity index (χ3n) is 4.84. The van der Waals surface area contributed by atoms with Gasteiger partial charge in [0.05, 0.1) is 11.3 Å². The van der Waals surface area contributed by atoms with Gasteiger partial charge >= 0.3 is 0 Å². The summed E-state index contributed by atoms with van der Waals surface area (Å²) in [6.45, 7) is 4.24. The lowest BCUT2D eigenvalue weighted by atomic mass is 9.82. The maximum absolute atomic E-state index is 12.7. The van der Waals surface area contributed by atoms with Gasteiger partial charge in [-0.05, 0) is 31.2 Å². The molecule has 0 saturated carbocycles. The minimum absolute atomic E-state index is 0.141. The maximum atomic E-state index is 12.7. The first-order valence-corrected chi connectivity index (χ1v) is 10.1. The third kappa shape index (κ3) is 3.38. The summed E-state index contributed by atoms with van der Waals surface area (Å²) in [5, 5.41) is 5.20. The molecule has 2 heterocycles. The van der Waals surface area contributed by atoms with Crippen LogP contribution in [0.2, 0.25) is 0 Å². The van der Waals surface area contributed by atoms with E-state index < -0.39 is 0 Å². The third-order valence-corrected chi connectivity index (χ3v) is 5.76. The zero-order valence-electron chi connectivity index (χ0n) is 15.1. The second kappa shape index (κ2) is 7.19. The van der Waals surface area contributed by atoms with E-state index in [1.54, 1.807) is 16.3 Å². The fraction of sp³-hybridized carbons (Fsp3) is 0.400. The molecule has 26 heavy (non-hydrogen) atoms. The van der Waals surface area contributed by atoms with Crippen LogP contribution in [-0.2, 0) is 6.42 Å². The first kappa shape index (κ1) is 17.2. The first-order chi connectivity index (χ1) is 12.6. The van der Waals surface area contributed by atoms with Gasteiger partial charge in [0.15, 0.2) is 5.78 Å². The van der Waals surface area contributed by atoms with Crippen LogP contribution in [0.4, 0.5) is 0 Å². The highest BCUT2D eigenvalue weighted by Gasteiger charge is 2.28. The Balaban J connectivity index is 1.63. The standard InChI is InChI=1S/C20H22N4OS/c1-3-4-9-26-20-22-19-21-17-10-15(14-7-5-13(2)6-8-14)11-18(25)16(17)12-24(19)23-20/h5-8,12,15H,3-4,9-11H2,1-2H3/t15-/m1/s1. The van der Waals surface area contributed by atoms with Crippen molar-refractivity contribution in [2.45, 2.75) is 50.6 Å². The number of hydrogen-bond donors (Lipinski definition) is 0. The summed E-state index contributed by atoms with van der Waals surface area (Å²) in [6.07, 6.45) is 5.40. The van der Waals surface area contributed by atoms with Crippen LogP contribution in [0, 0.1) is 6.92 Å². The second-order valence-electron chi connectivity index (χ2n) is 6.88. The average molecular weight is 366 g/mol. The van der Waals surface area contributed by atoms with E-state index in [-0.39, 0.29) is 11.7 Å². The predicted molar refractivity (Wildman–Crippen MR) is 103 cm³/mol. The van der Waals surface area contributed by atoms with E-state index in [9.17, 15) is 4.79 Å². The Morgan fingerprint density at radius 3 is 2.77 bits per heavy atom. The van der Waals surface area contributed by atoms with Crippen molar-refractivity contribution in [2.75, 3.05) is 5.75 Å². The largest absolute Gasteiger partial charge is 0.294 e. The molecule has 0 spiro atoms. The summed E-state index contributed by atoms with van der Waals surface area (Å²) in [4.78, 5) is 21.9. The minimum Gasteiger partial charge on any atom is -0.294 e. The highest BCUT2D eigenvalue weighted by atomic mass is 32.2. The SMILES string of the molecule is CCCCSc1nc2nc3c(cn2n1)C(=O)C[C@H](c1ccc(C)cc1)C3. The minimum atomic E-state index is 0.141. The number of Topliss-reactive ketones (excluding diaryl/α,β-unsaturated/α-hetero) is 1. The average Bonchev–Trinajstić information content (AvgIpc) is 3.02. The number of carbonyl (C=O) groups is 1. The quantitative estimate of drug-likeness (QED) is 0.499. The number of benzene rings is 1. The summed E-state index contributed by atoms with van der Waals surface area (Å²) in [5.74, 6) is 1.91. The zero-order chi connectivity index (χ0) is 18.1. The molecular formula is C20H22N4OS. The van der Waals surface area contributed by atoms with Crippen molar-refractivity contribution in [3.63, 3.8) is 0 Å². The molecule has 3 aromatic rings. The van der Waals surface area contributed by atoms with Gasteiger partial charge in [0.25, 0.3) is 5.78 Å². The summed E-state index contributed by atoms with van der Waals surface area (Å²) in [5.41, 5.74) is 3.97. The molecule has 1 atom stereocenters. The molecule has 0 amide bonds. The molecule has 0 unspecified atom stereocenters. The van der Waals surface area contributed by atoms with Crippen LogP contribution in [0.25, 0.3) is 5.78 Å². The monoisotopic (exact) mass is 366 g/mol. The Kier molecular flexibility index (Phi) is 4.76. The molecule has 0 N–H and O–H groups in total. The van der Waals surface area contributed by atoms with E-state index in [0.29, 0.717) is 17.8 Å². The van der Waals surface area contributed by atoms with Crippen LogP contribution in [-0.4, -0.2) is 31.1 Å². The predicted octanol–water partition coefficient (Wildman–Crippen LogP) is 4.24. The van der Waals surface area contributed by atoms with Gasteiger partial charge in [-0.2, -0.15) is 4.98 Å². The smallest absolute Gasteiger partial charge is 0.253 e. The van der Waals surface area contributed by atoms with Crippen LogP contribution in [0.5, 0.6) is 0 Å². The Morgan fingerprint density at radius 1 is 1.19 bits per heavy atom. The van der Waals surface area contributed by atoms with Crippen LogP contribution in [0.3, 0.4) is 0 Å². The summed E-state index contributed by atoms with van der Waals surface area (Å²) in [7, 11) is 0. The van der Waals surface area contributed by atoms with Gasteiger partial charge in [-0.15, -0.1) is 5.10 Å². The van der Waals surface area contributed by atoms with E-state index in [4.69, 9.17) is 0 Å². The lowest BCUT2D eigenvalue weighted by Gasteiger charge is -2.23. The van der Waals surface area contributed by atoms with Crippen molar-refractivity contribution in [1.29, 1.82) is 0 Å². The van der Waals surface area contributed by atoms with Gasteiger partial charge in [-0.1, -0.05) is 54.9 Å². The molecule has 4 rings (SSSR count). The second-order valence-corrected chi connectivity index (χ2v) is 7.94. The Hall–Kier alpha value is -2.21. The molecule has 134 valence electrons. The Morgan fingerprint density at radius 2 is 2.00 bits per heavy atom. The Labute approximate surface area is 157 Å². The molecule has 1 aliphatic carbocycles. The van der Waals surface area contributed by atoms with Crippen LogP contribution in [0.1, 0.15) is 59.3 Å². The van der Waals surface area contributed by atoms with Crippen LogP contribution >= 0.6 is 11.8 Å². The van der Waals surface area contributed by atoms with Gasteiger partial charge in [-0.25, -0.2) is 9.50 Å². The highest BCUT2D eigenvalue weighted by Crippen LogP contribution is 2.32. The molecule has 0 bridgehead atoms. The lowest BCUT2D eigenvalue weighted by molar-refractivity contribution is 0.0962. The molecule has 0 saturated heterocycles. The number of rotatable bonds is 5. The van der Waals surface area contributed by atoms with Crippen molar-refractivity contribution in [3.05, 3.63) is 52.8 Å². The van der Waals surface area contributed by atoms with E-state index >= 15 is 0 Å². The first-order valence-electron chi connectivity index (χ1n) is 9.13. The summed E-state index contributed by atoms with van der Waals surface area (Å²) < 4.78 is 1.65. The number of aromatic nitrogens is 4. The fourth-order valence-corrected chi connectivity index (χ4v) is 4.22. The van der Waals surface area contributed by atoms with Gasteiger partial charge in [-0.3, -0.25) is 4.79 Å². The van der Waals surface area contributed by atoms with Crippen LogP contribution < -0.4 is 0 Å². The van der Waals surface area contributed by atoms with E-state index in [0.717, 1.165) is 35.9 Å². The topological polar surface area (TPSA) is 60.1 Å². The normalized spacial score (nSPS) is 16.8. The van der Waals surface area contributed by atoms with Crippen molar-refractivity contribution in [1.82, 2.24) is 19.6 Å². The number of thioether (sulfide) groups is 1. The van der Waals surface area contributed by atoms with E-state index in [1.807, 2.05) is 6.20 Å². The number of ketones is 1. The van der Waals surface area contributed by atoms with Crippen molar-refractivity contribution < 1.29 is 4.79 Å². The highest BCUT2D eigenvalue weighted by molar-refractivity contribution is 7.99. The molecule has 1 aromatic carbocycles. The van der Waals surface area contributed by atoms with Gasteiger partial charge in [0.1, 0.15) is 0 Å². The van der Waals surface area contributed by atoms with Gasteiger partial charge in [0, 0.05) is 18.4 Å². The maximum Gasteiger partial charge on any atom is 0.253 e. The number of hydrogen-bond acceptors (Lipinski definition) is 5. The van der Waals surface area contributed by atoms with Gasteiger partial charge in [0.2, 0.25) is 5.16 Å². The zero-order valence-corrected chi connectivity index (χ0v) is 15.9. The van der Waals surface area contributed by atoms with Crippen molar-refractivity contribution in [3.8, 4) is 0 Å². The summed E-state index contributed by atoms with van der Waals surface area (Å²) in [6, 6.07) is 8.45.